The van der Waals surface area contributed by atoms with E-state index in [0.29, 0.717) is 0 Å². The maximum absolute atomic E-state index is 6.04. The van der Waals surface area contributed by atoms with E-state index in [4.69, 9.17) is 10.5 Å². The number of nitrogens with zero attached hydrogens (tertiary/aromatic N) is 1. The predicted molar refractivity (Wildman–Crippen MR) is 67.3 cm³/mol. The van der Waals surface area contributed by atoms with Gasteiger partial charge in [0.05, 0.1) is 12.8 Å². The van der Waals surface area contributed by atoms with Crippen LogP contribution in [0.15, 0.2) is 12.3 Å². The van der Waals surface area contributed by atoms with Crippen molar-refractivity contribution in [3.63, 3.8) is 0 Å². The van der Waals surface area contributed by atoms with Crippen LogP contribution in [0, 0.1) is 0 Å². The van der Waals surface area contributed by atoms with Crippen molar-refractivity contribution in [3.05, 3.63) is 23.5 Å². The maximum Gasteiger partial charge on any atom is 0.140 e. The summed E-state index contributed by atoms with van der Waals surface area (Å²) >= 11 is 0. The lowest BCUT2D eigenvalue weighted by Gasteiger charge is -2.35. The first kappa shape index (κ1) is 11.0. The van der Waals surface area contributed by atoms with Gasteiger partial charge in [-0.15, -0.1) is 0 Å². The molecule has 0 atom stereocenters. The molecule has 0 radical (unpaired) electrons. The van der Waals surface area contributed by atoms with Crippen LogP contribution in [0.3, 0.4) is 0 Å². The smallest absolute Gasteiger partial charge is 0.140 e. The van der Waals surface area contributed by atoms with Crippen LogP contribution in [0.5, 0.6) is 5.75 Å². The average molecular weight is 232 g/mol. The molecule has 0 unspecified atom stereocenters. The van der Waals surface area contributed by atoms with Crippen molar-refractivity contribution in [2.45, 2.75) is 43.9 Å². The van der Waals surface area contributed by atoms with Crippen LogP contribution in [0.2, 0.25) is 0 Å². The van der Waals surface area contributed by atoms with E-state index in [9.17, 15) is 0 Å². The molecule has 0 aromatic carbocycles. The first-order chi connectivity index (χ1) is 8.34. The van der Waals surface area contributed by atoms with Gasteiger partial charge in [0.1, 0.15) is 5.75 Å². The molecule has 1 aromatic heterocycles. The zero-order valence-electron chi connectivity index (χ0n) is 10.2. The molecule has 2 N–H and O–H groups in total. The van der Waals surface area contributed by atoms with Crippen molar-refractivity contribution in [2.24, 2.45) is 5.73 Å². The SMILES string of the molecule is NCC1(c2cc3c(cn2)OCC3)CCCCC1. The zero-order chi connectivity index (χ0) is 11.7. The van der Waals surface area contributed by atoms with Crippen molar-refractivity contribution in [1.29, 1.82) is 0 Å². The molecule has 3 heteroatoms. The summed E-state index contributed by atoms with van der Waals surface area (Å²) in [4.78, 5) is 4.61. The Hall–Kier alpha value is -1.09. The van der Waals surface area contributed by atoms with Gasteiger partial charge in [0, 0.05) is 29.6 Å². The summed E-state index contributed by atoms with van der Waals surface area (Å²) in [6, 6.07) is 2.24. The molecule has 0 saturated heterocycles. The first-order valence-electron chi connectivity index (χ1n) is 6.66. The third kappa shape index (κ3) is 1.82. The van der Waals surface area contributed by atoms with Crippen LogP contribution in [0.25, 0.3) is 0 Å². The standard InChI is InChI=1S/C14H20N2O/c15-10-14(5-2-1-3-6-14)13-8-11-4-7-17-12(11)9-16-13/h8-9H,1-7,10,15H2. The van der Waals surface area contributed by atoms with Gasteiger partial charge in [-0.05, 0) is 18.9 Å². The molecule has 1 aromatic rings. The molecule has 1 aliphatic heterocycles. The molecule has 1 saturated carbocycles. The highest BCUT2D eigenvalue weighted by Crippen LogP contribution is 2.39. The van der Waals surface area contributed by atoms with E-state index in [1.807, 2.05) is 6.20 Å². The number of rotatable bonds is 2. The molecule has 1 fully saturated rings. The second kappa shape index (κ2) is 4.30. The highest BCUT2D eigenvalue weighted by Gasteiger charge is 2.34. The molecule has 0 bridgehead atoms. The molecule has 0 amide bonds. The van der Waals surface area contributed by atoms with Crippen LogP contribution in [0.4, 0.5) is 0 Å². The van der Waals surface area contributed by atoms with E-state index in [1.165, 1.54) is 43.4 Å². The van der Waals surface area contributed by atoms with Crippen LogP contribution >= 0.6 is 0 Å². The Kier molecular flexibility index (Phi) is 2.79. The lowest BCUT2D eigenvalue weighted by Crippen LogP contribution is -2.38. The van der Waals surface area contributed by atoms with Gasteiger partial charge in [0.15, 0.2) is 0 Å². The number of hydrogen-bond donors (Lipinski definition) is 1. The van der Waals surface area contributed by atoms with Crippen LogP contribution in [-0.4, -0.2) is 18.1 Å². The third-order valence-corrected chi connectivity index (χ3v) is 4.32. The Morgan fingerprint density at radius 1 is 1.29 bits per heavy atom. The molecule has 1 aliphatic carbocycles. The summed E-state index contributed by atoms with van der Waals surface area (Å²) in [7, 11) is 0. The fourth-order valence-corrected chi connectivity index (χ4v) is 3.16. The predicted octanol–water partition coefficient (Wildman–Crippen LogP) is 2.18. The molecule has 3 nitrogen and oxygen atoms in total. The summed E-state index contributed by atoms with van der Waals surface area (Å²) in [6.45, 7) is 1.52. The van der Waals surface area contributed by atoms with Gasteiger partial charge < -0.3 is 10.5 Å². The molecule has 2 aliphatic rings. The molecule has 0 spiro atoms. The fourth-order valence-electron chi connectivity index (χ4n) is 3.16. The molecule has 2 heterocycles. The van der Waals surface area contributed by atoms with E-state index in [2.05, 4.69) is 11.1 Å². The highest BCUT2D eigenvalue weighted by atomic mass is 16.5. The van der Waals surface area contributed by atoms with Crippen molar-refractivity contribution in [2.75, 3.05) is 13.2 Å². The van der Waals surface area contributed by atoms with E-state index in [0.717, 1.165) is 25.3 Å². The lowest BCUT2D eigenvalue weighted by atomic mass is 9.71. The Bertz CT molecular complexity index is 411. The second-order valence-corrected chi connectivity index (χ2v) is 5.32. The lowest BCUT2D eigenvalue weighted by molar-refractivity contribution is 0.293. The minimum atomic E-state index is 0.135. The van der Waals surface area contributed by atoms with Crippen molar-refractivity contribution >= 4 is 0 Å². The highest BCUT2D eigenvalue weighted by molar-refractivity contribution is 5.38. The Morgan fingerprint density at radius 2 is 2.12 bits per heavy atom. The minimum Gasteiger partial charge on any atom is -0.491 e. The van der Waals surface area contributed by atoms with Crippen molar-refractivity contribution in [3.8, 4) is 5.75 Å². The van der Waals surface area contributed by atoms with Gasteiger partial charge in [-0.2, -0.15) is 0 Å². The number of nitrogens with two attached hydrogens (primary N) is 1. The van der Waals surface area contributed by atoms with Gasteiger partial charge >= 0.3 is 0 Å². The average Bonchev–Trinajstić information content (AvgIpc) is 2.86. The Morgan fingerprint density at radius 3 is 2.88 bits per heavy atom. The fraction of sp³-hybridized carbons (Fsp3) is 0.643. The van der Waals surface area contributed by atoms with Gasteiger partial charge in [-0.25, -0.2) is 0 Å². The number of aromatic nitrogens is 1. The molecule has 17 heavy (non-hydrogen) atoms. The largest absolute Gasteiger partial charge is 0.491 e. The van der Waals surface area contributed by atoms with E-state index < -0.39 is 0 Å². The van der Waals surface area contributed by atoms with E-state index in [1.54, 1.807) is 0 Å². The number of pyridine rings is 1. The zero-order valence-corrected chi connectivity index (χ0v) is 10.2. The summed E-state index contributed by atoms with van der Waals surface area (Å²) < 4.78 is 5.51. The monoisotopic (exact) mass is 232 g/mol. The Labute approximate surface area is 102 Å². The van der Waals surface area contributed by atoms with Crippen LogP contribution in [0.1, 0.15) is 43.4 Å². The van der Waals surface area contributed by atoms with E-state index >= 15 is 0 Å². The maximum atomic E-state index is 6.04. The third-order valence-electron chi connectivity index (χ3n) is 4.32. The first-order valence-corrected chi connectivity index (χ1v) is 6.66. The number of ether oxygens (including phenoxy) is 1. The van der Waals surface area contributed by atoms with Gasteiger partial charge in [0.25, 0.3) is 0 Å². The van der Waals surface area contributed by atoms with Gasteiger partial charge in [0.2, 0.25) is 0 Å². The van der Waals surface area contributed by atoms with Crippen molar-refractivity contribution in [1.82, 2.24) is 4.98 Å². The minimum absolute atomic E-state index is 0.135. The van der Waals surface area contributed by atoms with Gasteiger partial charge in [-0.3, -0.25) is 4.98 Å². The quantitative estimate of drug-likeness (QED) is 0.850. The second-order valence-electron chi connectivity index (χ2n) is 5.32. The molecule has 3 rings (SSSR count). The van der Waals surface area contributed by atoms with Crippen LogP contribution < -0.4 is 10.5 Å². The molecular formula is C14H20N2O. The van der Waals surface area contributed by atoms with Gasteiger partial charge in [-0.1, -0.05) is 19.3 Å². The summed E-state index contributed by atoms with van der Waals surface area (Å²) in [5, 5.41) is 0. The normalized spacial score (nSPS) is 21.9. The van der Waals surface area contributed by atoms with E-state index in [-0.39, 0.29) is 5.41 Å². The number of fused-ring (bicyclic) bond motifs is 1. The molecular weight excluding hydrogens is 212 g/mol. The number of hydrogen-bond acceptors (Lipinski definition) is 3. The molecule has 92 valence electrons. The van der Waals surface area contributed by atoms with Crippen molar-refractivity contribution < 1.29 is 4.74 Å². The summed E-state index contributed by atoms with van der Waals surface area (Å²) in [5.74, 6) is 0.969. The topological polar surface area (TPSA) is 48.1 Å². The summed E-state index contributed by atoms with van der Waals surface area (Å²) in [5.41, 5.74) is 8.69. The summed E-state index contributed by atoms with van der Waals surface area (Å²) in [6.07, 6.45) is 9.20. The van der Waals surface area contributed by atoms with Crippen LogP contribution in [-0.2, 0) is 11.8 Å². The Balaban J connectivity index is 1.96.